The Morgan fingerprint density at radius 2 is 2.00 bits per heavy atom. The zero-order chi connectivity index (χ0) is 14.7. The summed E-state index contributed by atoms with van der Waals surface area (Å²) in [6.45, 7) is 0.456. The van der Waals surface area contributed by atoms with Crippen LogP contribution in [0.2, 0.25) is 5.02 Å². The lowest BCUT2D eigenvalue weighted by molar-refractivity contribution is 0.768. The zero-order valence-electron chi connectivity index (χ0n) is 10.9. The monoisotopic (exact) mass is 301 g/mol. The van der Waals surface area contributed by atoms with Crippen LogP contribution in [-0.2, 0) is 6.54 Å². The van der Waals surface area contributed by atoms with Crippen molar-refractivity contribution in [1.82, 2.24) is 25.0 Å². The fourth-order valence-electron chi connectivity index (χ4n) is 1.84. The number of nitrogens with zero attached hydrogens (tertiary/aromatic N) is 5. The van der Waals surface area contributed by atoms with Gasteiger partial charge in [0.1, 0.15) is 17.2 Å². The van der Waals surface area contributed by atoms with E-state index in [0.717, 1.165) is 11.4 Å². The first-order valence-electron chi connectivity index (χ1n) is 6.20. The van der Waals surface area contributed by atoms with Crippen LogP contribution in [0, 0.1) is 0 Å². The summed E-state index contributed by atoms with van der Waals surface area (Å²) in [7, 11) is 0. The number of hydrogen-bond donors (Lipinski definition) is 2. The molecule has 1 aromatic carbocycles. The van der Waals surface area contributed by atoms with Crippen molar-refractivity contribution in [1.29, 1.82) is 0 Å². The molecule has 106 valence electrons. The summed E-state index contributed by atoms with van der Waals surface area (Å²) in [6.07, 6.45) is 3.04. The number of halogens is 1. The second-order valence-corrected chi connectivity index (χ2v) is 4.63. The van der Waals surface area contributed by atoms with Gasteiger partial charge in [-0.25, -0.2) is 14.6 Å². The quantitative estimate of drug-likeness (QED) is 0.764. The molecule has 3 aromatic rings. The molecule has 0 fully saturated rings. The lowest BCUT2D eigenvalue weighted by atomic mass is 10.3. The molecule has 2 aromatic heterocycles. The number of hydrogen-bond acceptors (Lipinski definition) is 6. The molecule has 7 nitrogen and oxygen atoms in total. The maximum absolute atomic E-state index is 6.04. The van der Waals surface area contributed by atoms with Gasteiger partial charge in [-0.3, -0.25) is 0 Å². The van der Waals surface area contributed by atoms with Crippen LogP contribution in [0.3, 0.4) is 0 Å². The molecule has 0 spiro atoms. The van der Waals surface area contributed by atoms with Crippen LogP contribution in [0.5, 0.6) is 0 Å². The van der Waals surface area contributed by atoms with Gasteiger partial charge in [-0.2, -0.15) is 0 Å². The molecule has 21 heavy (non-hydrogen) atoms. The zero-order valence-corrected chi connectivity index (χ0v) is 11.7. The number of para-hydroxylation sites is 1. The van der Waals surface area contributed by atoms with E-state index >= 15 is 0 Å². The van der Waals surface area contributed by atoms with E-state index in [2.05, 4.69) is 25.6 Å². The first-order chi connectivity index (χ1) is 10.3. The van der Waals surface area contributed by atoms with Crippen LogP contribution < -0.4 is 11.1 Å². The highest BCUT2D eigenvalue weighted by atomic mass is 35.5. The Morgan fingerprint density at radius 3 is 2.81 bits per heavy atom. The van der Waals surface area contributed by atoms with Gasteiger partial charge in [0.2, 0.25) is 0 Å². The van der Waals surface area contributed by atoms with Gasteiger partial charge >= 0.3 is 0 Å². The molecule has 0 saturated carbocycles. The van der Waals surface area contributed by atoms with Crippen LogP contribution >= 0.6 is 11.6 Å². The number of benzene rings is 1. The Hall–Kier alpha value is -2.67. The molecule has 3 rings (SSSR count). The molecule has 8 heteroatoms. The van der Waals surface area contributed by atoms with Gasteiger partial charge in [-0.15, -0.1) is 5.10 Å². The Kier molecular flexibility index (Phi) is 3.65. The fraction of sp³-hybridized carbons (Fsp3) is 0.0769. The largest absolute Gasteiger partial charge is 0.382 e. The third-order valence-corrected chi connectivity index (χ3v) is 3.25. The van der Waals surface area contributed by atoms with Crippen molar-refractivity contribution in [3.8, 4) is 5.69 Å². The van der Waals surface area contributed by atoms with Crippen LogP contribution in [0.15, 0.2) is 42.9 Å². The topological polar surface area (TPSA) is 94.5 Å². The molecule has 0 aliphatic rings. The van der Waals surface area contributed by atoms with E-state index in [1.165, 1.54) is 6.33 Å². The first kappa shape index (κ1) is 13.3. The summed E-state index contributed by atoms with van der Waals surface area (Å²) in [4.78, 5) is 7.87. The van der Waals surface area contributed by atoms with Gasteiger partial charge in [0, 0.05) is 0 Å². The molecule has 0 unspecified atom stereocenters. The Bertz CT molecular complexity index is 741. The predicted octanol–water partition coefficient (Wildman–Crippen LogP) is 1.90. The molecule has 0 amide bonds. The molecule has 0 aliphatic carbocycles. The number of nitrogens with two attached hydrogens (primary N) is 1. The van der Waals surface area contributed by atoms with Crippen molar-refractivity contribution in [3.05, 3.63) is 53.6 Å². The summed E-state index contributed by atoms with van der Waals surface area (Å²) in [6, 6.07) is 9.73. The van der Waals surface area contributed by atoms with Gasteiger partial charge in [0.05, 0.1) is 24.1 Å². The number of nitrogen functional groups attached to an aromatic ring is 1. The van der Waals surface area contributed by atoms with Gasteiger partial charge in [0.25, 0.3) is 0 Å². The van der Waals surface area contributed by atoms with Gasteiger partial charge < -0.3 is 11.1 Å². The lowest BCUT2D eigenvalue weighted by Crippen LogP contribution is -2.09. The van der Waals surface area contributed by atoms with Crippen molar-refractivity contribution in [2.45, 2.75) is 6.54 Å². The number of aromatic nitrogens is 5. The Labute approximate surface area is 125 Å². The van der Waals surface area contributed by atoms with Crippen molar-refractivity contribution < 1.29 is 0 Å². The highest BCUT2D eigenvalue weighted by Gasteiger charge is 2.09. The van der Waals surface area contributed by atoms with Crippen molar-refractivity contribution >= 4 is 23.2 Å². The van der Waals surface area contributed by atoms with Crippen LogP contribution in [0.25, 0.3) is 5.69 Å². The predicted molar refractivity (Wildman–Crippen MR) is 80.1 cm³/mol. The summed E-state index contributed by atoms with van der Waals surface area (Å²) >= 11 is 6.04. The third-order valence-electron chi connectivity index (χ3n) is 2.87. The van der Waals surface area contributed by atoms with E-state index in [1.807, 2.05) is 30.3 Å². The molecule has 0 aliphatic heterocycles. The minimum atomic E-state index is 0.240. The highest BCUT2D eigenvalue weighted by Crippen LogP contribution is 2.23. The number of rotatable bonds is 4. The normalized spacial score (nSPS) is 10.5. The van der Waals surface area contributed by atoms with Crippen molar-refractivity contribution in [3.63, 3.8) is 0 Å². The Morgan fingerprint density at radius 1 is 1.19 bits per heavy atom. The van der Waals surface area contributed by atoms with E-state index in [0.29, 0.717) is 17.4 Å². The summed E-state index contributed by atoms with van der Waals surface area (Å²) in [5.74, 6) is 0.717. The average Bonchev–Trinajstić information content (AvgIpc) is 2.98. The molecule has 3 N–H and O–H groups in total. The maximum Gasteiger partial charge on any atom is 0.150 e. The standard InChI is InChI=1S/C13H12ClN7/c14-11-12(15)17-8-18-13(11)16-6-10-7-19-20-21(10)9-4-2-1-3-5-9/h1-5,7-8H,6H2,(H3,15,16,17,18). The van der Waals surface area contributed by atoms with E-state index in [4.69, 9.17) is 17.3 Å². The molecule has 2 heterocycles. The highest BCUT2D eigenvalue weighted by molar-refractivity contribution is 6.35. The van der Waals surface area contributed by atoms with E-state index < -0.39 is 0 Å². The maximum atomic E-state index is 6.04. The third kappa shape index (κ3) is 2.77. The molecule has 0 radical (unpaired) electrons. The minimum Gasteiger partial charge on any atom is -0.382 e. The summed E-state index contributed by atoms with van der Waals surface area (Å²) in [5, 5.41) is 11.4. The second kappa shape index (κ2) is 5.76. The van der Waals surface area contributed by atoms with E-state index in [-0.39, 0.29) is 5.82 Å². The first-order valence-corrected chi connectivity index (χ1v) is 6.58. The van der Waals surface area contributed by atoms with Crippen molar-refractivity contribution in [2.24, 2.45) is 0 Å². The molecular weight excluding hydrogens is 290 g/mol. The number of anilines is 2. The average molecular weight is 302 g/mol. The van der Waals surface area contributed by atoms with Crippen LogP contribution in [0.1, 0.15) is 5.69 Å². The summed E-state index contributed by atoms with van der Waals surface area (Å²) in [5.41, 5.74) is 7.44. The molecular formula is C13H12ClN7. The summed E-state index contributed by atoms with van der Waals surface area (Å²) < 4.78 is 1.74. The molecule has 0 bridgehead atoms. The SMILES string of the molecule is Nc1ncnc(NCc2cnnn2-c2ccccc2)c1Cl. The van der Waals surface area contributed by atoms with Crippen LogP contribution in [0.4, 0.5) is 11.6 Å². The van der Waals surface area contributed by atoms with Gasteiger partial charge in [-0.1, -0.05) is 35.0 Å². The second-order valence-electron chi connectivity index (χ2n) is 4.25. The van der Waals surface area contributed by atoms with E-state index in [1.54, 1.807) is 10.9 Å². The molecule has 0 saturated heterocycles. The van der Waals surface area contributed by atoms with Crippen LogP contribution in [-0.4, -0.2) is 25.0 Å². The van der Waals surface area contributed by atoms with E-state index in [9.17, 15) is 0 Å². The lowest BCUT2D eigenvalue weighted by Gasteiger charge is -2.09. The van der Waals surface area contributed by atoms with Crippen molar-refractivity contribution in [2.75, 3.05) is 11.1 Å². The molecule has 0 atom stereocenters. The fourth-order valence-corrected chi connectivity index (χ4v) is 2.01. The smallest absolute Gasteiger partial charge is 0.150 e. The minimum absolute atomic E-state index is 0.240. The van der Waals surface area contributed by atoms with Gasteiger partial charge in [0.15, 0.2) is 5.82 Å². The Balaban J connectivity index is 1.81. The van der Waals surface area contributed by atoms with Gasteiger partial charge in [-0.05, 0) is 12.1 Å². The number of nitrogens with one attached hydrogen (secondary N) is 1.